The van der Waals surface area contributed by atoms with Gasteiger partial charge in [-0.1, -0.05) is 40.2 Å². The molecule has 22 heavy (non-hydrogen) atoms. The van der Waals surface area contributed by atoms with E-state index in [2.05, 4.69) is 22.5 Å². The number of allylic oxidation sites excluding steroid dienone is 1. The van der Waals surface area contributed by atoms with Gasteiger partial charge in [-0.15, -0.1) is 0 Å². The third kappa shape index (κ3) is 4.32. The Morgan fingerprint density at radius 2 is 2.27 bits per heavy atom. The summed E-state index contributed by atoms with van der Waals surface area (Å²) in [5.74, 6) is 0.272. The monoisotopic (exact) mass is 364 g/mol. The van der Waals surface area contributed by atoms with Crippen LogP contribution >= 0.6 is 15.9 Å². The van der Waals surface area contributed by atoms with Crippen LogP contribution in [0.3, 0.4) is 0 Å². The van der Waals surface area contributed by atoms with Gasteiger partial charge in [0.25, 0.3) is 0 Å². The first-order valence-corrected chi connectivity index (χ1v) is 8.07. The molecule has 2 N–H and O–H groups in total. The van der Waals surface area contributed by atoms with Gasteiger partial charge in [0.2, 0.25) is 0 Å². The molecule has 0 aliphatic carbocycles. The van der Waals surface area contributed by atoms with Crippen molar-refractivity contribution in [1.82, 2.24) is 0 Å². The molecule has 1 aliphatic rings. The fraction of sp³-hybridized carbons (Fsp3) is 0.333. The minimum Gasteiger partial charge on any atom is -0.507 e. The van der Waals surface area contributed by atoms with Crippen LogP contribution < -0.4 is 0 Å². The van der Waals surface area contributed by atoms with Gasteiger partial charge in [0, 0.05) is 10.0 Å². The van der Waals surface area contributed by atoms with Crippen LogP contribution in [-0.2, 0) is 4.74 Å². The first kappa shape index (κ1) is 17.0. The minimum absolute atomic E-state index is 0.000827. The lowest BCUT2D eigenvalue weighted by Crippen LogP contribution is -2.12. The second kappa shape index (κ2) is 7.77. The smallest absolute Gasteiger partial charge is 0.122 e. The predicted octanol–water partition coefficient (Wildman–Crippen LogP) is 4.21. The number of aliphatic hydroxyl groups excluding tert-OH is 1. The number of aliphatic hydroxyl groups is 1. The Morgan fingerprint density at radius 3 is 3.00 bits per heavy atom. The van der Waals surface area contributed by atoms with Gasteiger partial charge in [0.05, 0.1) is 19.3 Å². The summed E-state index contributed by atoms with van der Waals surface area (Å²) >= 11 is 3.41. The van der Waals surface area contributed by atoms with Crippen LogP contribution in [-0.4, -0.2) is 29.5 Å². The summed E-state index contributed by atoms with van der Waals surface area (Å²) in [4.78, 5) is 0. The molecule has 1 unspecified atom stereocenters. The maximum atomic E-state index is 9.87. The fourth-order valence-corrected chi connectivity index (χ4v) is 2.89. The maximum Gasteiger partial charge on any atom is 0.122 e. The minimum atomic E-state index is -0.0353. The summed E-state index contributed by atoms with van der Waals surface area (Å²) in [6.45, 7) is 6.45. The molecular weight excluding hydrogens is 344 g/mol. The van der Waals surface area contributed by atoms with E-state index >= 15 is 0 Å². The van der Waals surface area contributed by atoms with E-state index in [1.54, 1.807) is 6.07 Å². The normalized spacial score (nSPS) is 18.4. The van der Waals surface area contributed by atoms with Crippen molar-refractivity contribution in [3.05, 3.63) is 57.6 Å². The molecule has 0 radical (unpaired) electrons. The molecule has 1 aromatic rings. The van der Waals surface area contributed by atoms with Crippen LogP contribution in [0, 0.1) is 0 Å². The largest absolute Gasteiger partial charge is 0.507 e. The maximum absolute atomic E-state index is 9.87. The third-order valence-corrected chi connectivity index (χ3v) is 4.23. The number of phenolic OH excluding ortho intramolecular Hbond substituents is 1. The molecule has 0 bridgehead atoms. The number of rotatable bonds is 6. The van der Waals surface area contributed by atoms with Gasteiger partial charge in [-0.25, -0.2) is 0 Å². The lowest BCUT2D eigenvalue weighted by molar-refractivity contribution is 0.116. The molecule has 0 spiro atoms. The standard InChI is InChI=1S/C18H21BrO3/c1-12(9-14-10-15(19)4-5-17(14)21)3-6-18-16(7-8-22-18)13(2)11-20/h4-5,7,9-10,18,20-21H,2-3,6,8,11H2,1H3/b12-9+. The zero-order valence-electron chi connectivity index (χ0n) is 12.7. The lowest BCUT2D eigenvalue weighted by Gasteiger charge is -2.16. The Morgan fingerprint density at radius 1 is 1.50 bits per heavy atom. The molecule has 1 heterocycles. The summed E-state index contributed by atoms with van der Waals surface area (Å²) in [5.41, 5.74) is 3.71. The second-order valence-corrected chi connectivity index (χ2v) is 6.39. The van der Waals surface area contributed by atoms with Crippen molar-refractivity contribution in [1.29, 1.82) is 0 Å². The van der Waals surface area contributed by atoms with Crippen LogP contribution in [0.25, 0.3) is 6.08 Å². The van der Waals surface area contributed by atoms with Gasteiger partial charge in [-0.2, -0.15) is 0 Å². The van der Waals surface area contributed by atoms with Crippen molar-refractivity contribution in [3.8, 4) is 5.75 Å². The highest BCUT2D eigenvalue weighted by Crippen LogP contribution is 2.28. The summed E-state index contributed by atoms with van der Waals surface area (Å²) in [6.07, 6.45) is 5.66. The van der Waals surface area contributed by atoms with E-state index in [0.29, 0.717) is 6.61 Å². The highest BCUT2D eigenvalue weighted by Gasteiger charge is 2.21. The fourth-order valence-electron chi connectivity index (χ4n) is 2.51. The third-order valence-electron chi connectivity index (χ3n) is 3.74. The van der Waals surface area contributed by atoms with E-state index in [0.717, 1.165) is 39.6 Å². The number of aromatic hydroxyl groups is 1. The molecule has 3 nitrogen and oxygen atoms in total. The van der Waals surface area contributed by atoms with Crippen molar-refractivity contribution in [2.45, 2.75) is 25.9 Å². The van der Waals surface area contributed by atoms with Crippen LogP contribution in [0.15, 0.2) is 52.0 Å². The highest BCUT2D eigenvalue weighted by atomic mass is 79.9. The molecule has 1 aromatic carbocycles. The molecule has 0 amide bonds. The topological polar surface area (TPSA) is 49.7 Å². The number of phenols is 1. The molecular formula is C18H21BrO3. The predicted molar refractivity (Wildman–Crippen MR) is 92.7 cm³/mol. The SMILES string of the molecule is C=C(CO)C1=CCOC1CC/C(C)=C/c1cc(Br)ccc1O. The molecule has 1 atom stereocenters. The molecule has 118 valence electrons. The van der Waals surface area contributed by atoms with E-state index < -0.39 is 0 Å². The number of ether oxygens (including phenoxy) is 1. The number of hydrogen-bond acceptors (Lipinski definition) is 3. The van der Waals surface area contributed by atoms with Gasteiger partial charge in [-0.3, -0.25) is 0 Å². The van der Waals surface area contributed by atoms with Crippen LogP contribution in [0.1, 0.15) is 25.3 Å². The Balaban J connectivity index is 1.99. The summed E-state index contributed by atoms with van der Waals surface area (Å²) in [6, 6.07) is 5.38. The number of hydrogen-bond donors (Lipinski definition) is 2. The summed E-state index contributed by atoms with van der Waals surface area (Å²) in [5, 5.41) is 19.1. The Kier molecular flexibility index (Phi) is 6.00. The van der Waals surface area contributed by atoms with Crippen molar-refractivity contribution < 1.29 is 14.9 Å². The number of benzene rings is 1. The van der Waals surface area contributed by atoms with E-state index in [-0.39, 0.29) is 18.5 Å². The van der Waals surface area contributed by atoms with Crippen molar-refractivity contribution in [2.24, 2.45) is 0 Å². The summed E-state index contributed by atoms with van der Waals surface area (Å²) < 4.78 is 6.62. The number of halogens is 1. The van der Waals surface area contributed by atoms with Gasteiger partial charge >= 0.3 is 0 Å². The van der Waals surface area contributed by atoms with Gasteiger partial charge in [-0.05, 0) is 49.1 Å². The van der Waals surface area contributed by atoms with Crippen molar-refractivity contribution >= 4 is 22.0 Å². The molecule has 4 heteroatoms. The molecule has 0 aromatic heterocycles. The molecule has 2 rings (SSSR count). The quantitative estimate of drug-likeness (QED) is 0.794. The van der Waals surface area contributed by atoms with E-state index in [4.69, 9.17) is 4.74 Å². The first-order valence-electron chi connectivity index (χ1n) is 7.27. The second-order valence-electron chi connectivity index (χ2n) is 5.48. The Labute approximate surface area is 139 Å². The van der Waals surface area contributed by atoms with Gasteiger partial charge < -0.3 is 14.9 Å². The van der Waals surface area contributed by atoms with Crippen LogP contribution in [0.5, 0.6) is 5.75 Å². The molecule has 0 fully saturated rings. The van der Waals surface area contributed by atoms with E-state index in [1.165, 1.54) is 0 Å². The molecule has 0 saturated carbocycles. The lowest BCUT2D eigenvalue weighted by atomic mass is 9.97. The zero-order chi connectivity index (χ0) is 16.1. The van der Waals surface area contributed by atoms with E-state index in [9.17, 15) is 10.2 Å². The first-order chi connectivity index (χ1) is 10.5. The summed E-state index contributed by atoms with van der Waals surface area (Å²) in [7, 11) is 0. The zero-order valence-corrected chi connectivity index (χ0v) is 14.3. The molecule has 0 saturated heterocycles. The van der Waals surface area contributed by atoms with Gasteiger partial charge in [0.1, 0.15) is 5.75 Å². The Hall–Kier alpha value is -1.36. The highest BCUT2D eigenvalue weighted by molar-refractivity contribution is 9.10. The average Bonchev–Trinajstić information content (AvgIpc) is 2.96. The van der Waals surface area contributed by atoms with Gasteiger partial charge in [0.15, 0.2) is 0 Å². The van der Waals surface area contributed by atoms with Crippen molar-refractivity contribution in [2.75, 3.05) is 13.2 Å². The Bertz CT molecular complexity index is 617. The van der Waals surface area contributed by atoms with Crippen LogP contribution in [0.4, 0.5) is 0 Å². The molecule has 1 aliphatic heterocycles. The van der Waals surface area contributed by atoms with E-state index in [1.807, 2.05) is 31.2 Å². The van der Waals surface area contributed by atoms with Crippen LogP contribution in [0.2, 0.25) is 0 Å². The van der Waals surface area contributed by atoms with Crippen molar-refractivity contribution in [3.63, 3.8) is 0 Å². The average molecular weight is 365 g/mol.